The molecule has 144 valence electrons. The molecule has 2 aromatic rings. The molecule has 1 atom stereocenters. The highest BCUT2D eigenvalue weighted by Crippen LogP contribution is 2.23. The summed E-state index contributed by atoms with van der Waals surface area (Å²) in [4.78, 5) is 37.6. The van der Waals surface area contributed by atoms with Gasteiger partial charge in [0.15, 0.2) is 0 Å². The van der Waals surface area contributed by atoms with Crippen molar-refractivity contribution in [3.05, 3.63) is 50.0 Å². The van der Waals surface area contributed by atoms with Gasteiger partial charge in [0.2, 0.25) is 5.91 Å². The number of carboxylic acids is 1. The minimum Gasteiger partial charge on any atom is -0.477 e. The highest BCUT2D eigenvalue weighted by Gasteiger charge is 2.19. The third-order valence-corrected chi connectivity index (χ3v) is 5.07. The van der Waals surface area contributed by atoms with Crippen LogP contribution in [-0.2, 0) is 4.79 Å². The Balaban J connectivity index is 1.75. The number of nitrogens with one attached hydrogen (secondary N) is 2. The van der Waals surface area contributed by atoms with Crippen molar-refractivity contribution in [1.82, 2.24) is 10.3 Å². The van der Waals surface area contributed by atoms with Crippen LogP contribution >= 0.6 is 11.3 Å². The Labute approximate surface area is 159 Å². The Hall–Kier alpha value is -3.01. The summed E-state index contributed by atoms with van der Waals surface area (Å²) >= 11 is 1.06. The lowest BCUT2D eigenvalue weighted by atomic mass is 10.2. The van der Waals surface area contributed by atoms with Crippen LogP contribution in [0.5, 0.6) is 0 Å². The number of aromatic carboxylic acids is 1. The number of carbonyl (C=O) groups excluding carboxylic acids is 1. The number of aromatic nitrogens is 1. The second kappa shape index (κ2) is 9.08. The van der Waals surface area contributed by atoms with E-state index in [2.05, 4.69) is 15.6 Å². The summed E-state index contributed by atoms with van der Waals surface area (Å²) in [6.07, 6.45) is 0.868. The highest BCUT2D eigenvalue weighted by molar-refractivity contribution is 7.13. The zero-order valence-corrected chi connectivity index (χ0v) is 15.7. The molecular weight excluding hydrogens is 372 g/mol. The fourth-order valence-electron chi connectivity index (χ4n) is 2.36. The lowest BCUT2D eigenvalue weighted by Gasteiger charge is -2.11. The van der Waals surface area contributed by atoms with E-state index in [1.807, 2.05) is 0 Å². The third kappa shape index (κ3) is 5.74. The molecule has 1 heterocycles. The van der Waals surface area contributed by atoms with Gasteiger partial charge in [-0.3, -0.25) is 14.9 Å². The van der Waals surface area contributed by atoms with E-state index in [4.69, 9.17) is 5.11 Å². The van der Waals surface area contributed by atoms with E-state index in [0.29, 0.717) is 30.1 Å². The normalized spacial score (nSPS) is 11.6. The first-order valence-electron chi connectivity index (χ1n) is 8.26. The summed E-state index contributed by atoms with van der Waals surface area (Å²) in [6, 6.07) is 5.70. The fourth-order valence-corrected chi connectivity index (χ4v) is 3.27. The van der Waals surface area contributed by atoms with Crippen LogP contribution in [0.4, 0.5) is 11.4 Å². The van der Waals surface area contributed by atoms with E-state index < -0.39 is 10.9 Å². The van der Waals surface area contributed by atoms with E-state index in [1.54, 1.807) is 26.0 Å². The smallest absolute Gasteiger partial charge is 0.347 e. The molecule has 0 aliphatic rings. The number of carbonyl (C=O) groups is 2. The van der Waals surface area contributed by atoms with Crippen molar-refractivity contribution in [2.24, 2.45) is 0 Å². The number of benzene rings is 1. The van der Waals surface area contributed by atoms with Gasteiger partial charge in [0.05, 0.1) is 16.7 Å². The molecule has 9 nitrogen and oxygen atoms in total. The predicted molar refractivity (Wildman–Crippen MR) is 101 cm³/mol. The molecule has 2 rings (SSSR count). The van der Waals surface area contributed by atoms with E-state index in [1.165, 1.54) is 12.1 Å². The van der Waals surface area contributed by atoms with Crippen LogP contribution in [0.25, 0.3) is 0 Å². The number of nitro benzene ring substituents is 1. The number of rotatable bonds is 9. The van der Waals surface area contributed by atoms with E-state index in [9.17, 15) is 19.7 Å². The van der Waals surface area contributed by atoms with Crippen molar-refractivity contribution in [1.29, 1.82) is 0 Å². The second-order valence-corrected chi connectivity index (χ2v) is 6.93. The van der Waals surface area contributed by atoms with Gasteiger partial charge in [0.25, 0.3) is 5.69 Å². The van der Waals surface area contributed by atoms with Gasteiger partial charge in [-0.15, -0.1) is 11.3 Å². The van der Waals surface area contributed by atoms with Crippen LogP contribution in [-0.4, -0.2) is 33.4 Å². The van der Waals surface area contributed by atoms with E-state index in [0.717, 1.165) is 17.0 Å². The Bertz CT molecular complexity index is 834. The first kappa shape index (κ1) is 20.3. The van der Waals surface area contributed by atoms with Crippen LogP contribution in [0.3, 0.4) is 0 Å². The Morgan fingerprint density at radius 3 is 2.56 bits per heavy atom. The van der Waals surface area contributed by atoms with Crippen molar-refractivity contribution in [3.8, 4) is 0 Å². The maximum Gasteiger partial charge on any atom is 0.347 e. The number of hydrogen-bond acceptors (Lipinski definition) is 7. The molecular formula is C17H20N4O5S. The van der Waals surface area contributed by atoms with Gasteiger partial charge in [-0.1, -0.05) is 0 Å². The number of carboxylic acid groups (broad SMARTS) is 1. The molecule has 0 aliphatic carbocycles. The Morgan fingerprint density at radius 2 is 2.00 bits per heavy atom. The zero-order chi connectivity index (χ0) is 20.0. The summed E-state index contributed by atoms with van der Waals surface area (Å²) in [5, 5.41) is 26.1. The van der Waals surface area contributed by atoms with Crippen LogP contribution in [0.2, 0.25) is 0 Å². The van der Waals surface area contributed by atoms with Crippen molar-refractivity contribution in [2.75, 3.05) is 11.9 Å². The number of thiazole rings is 1. The SMILES string of the molecule is Cc1nc(C(C)NC(=O)CCCNc2ccc([N+](=O)[O-])cc2)sc1C(=O)O. The molecule has 1 amide bonds. The topological polar surface area (TPSA) is 134 Å². The standard InChI is InChI=1S/C17H20N4O5S/c1-10-15(17(23)24)27-16(20-10)11(2)19-14(22)4-3-9-18-12-5-7-13(8-6-12)21(25)26/h5-8,11,18H,3-4,9H2,1-2H3,(H,19,22)(H,23,24). The number of amides is 1. The predicted octanol–water partition coefficient (Wildman–Crippen LogP) is 3.13. The van der Waals surface area contributed by atoms with Crippen LogP contribution < -0.4 is 10.6 Å². The average molecular weight is 392 g/mol. The molecule has 1 aromatic carbocycles. The molecule has 0 bridgehead atoms. The number of nitrogens with zero attached hydrogens (tertiary/aromatic N) is 2. The van der Waals surface area contributed by atoms with Gasteiger partial charge < -0.3 is 15.7 Å². The monoisotopic (exact) mass is 392 g/mol. The molecule has 0 radical (unpaired) electrons. The number of nitro groups is 1. The number of anilines is 1. The van der Waals surface area contributed by atoms with E-state index in [-0.39, 0.29) is 22.5 Å². The van der Waals surface area contributed by atoms with Gasteiger partial charge in [-0.2, -0.15) is 0 Å². The van der Waals surface area contributed by atoms with Gasteiger partial charge in [-0.25, -0.2) is 9.78 Å². The number of hydrogen-bond donors (Lipinski definition) is 3. The Morgan fingerprint density at radius 1 is 1.33 bits per heavy atom. The molecule has 3 N–H and O–H groups in total. The fraction of sp³-hybridized carbons (Fsp3) is 0.353. The summed E-state index contributed by atoms with van der Waals surface area (Å²) in [5.74, 6) is -1.18. The lowest BCUT2D eigenvalue weighted by Crippen LogP contribution is -2.26. The van der Waals surface area contributed by atoms with Gasteiger partial charge in [0.1, 0.15) is 9.88 Å². The summed E-state index contributed by atoms with van der Waals surface area (Å²) in [7, 11) is 0. The van der Waals surface area contributed by atoms with Crippen LogP contribution in [0, 0.1) is 17.0 Å². The quantitative estimate of drug-likeness (QED) is 0.339. The lowest BCUT2D eigenvalue weighted by molar-refractivity contribution is -0.384. The summed E-state index contributed by atoms with van der Waals surface area (Å²) in [6.45, 7) is 3.93. The molecule has 0 saturated carbocycles. The zero-order valence-electron chi connectivity index (χ0n) is 14.9. The summed E-state index contributed by atoms with van der Waals surface area (Å²) in [5.41, 5.74) is 1.21. The summed E-state index contributed by atoms with van der Waals surface area (Å²) < 4.78 is 0. The molecule has 0 saturated heterocycles. The van der Waals surface area contributed by atoms with Crippen molar-refractivity contribution < 1.29 is 19.6 Å². The van der Waals surface area contributed by atoms with Crippen molar-refractivity contribution >= 4 is 34.6 Å². The second-order valence-electron chi connectivity index (χ2n) is 5.90. The first-order chi connectivity index (χ1) is 12.8. The maximum absolute atomic E-state index is 12.0. The molecule has 0 fully saturated rings. The van der Waals surface area contributed by atoms with Gasteiger partial charge >= 0.3 is 5.97 Å². The minimum atomic E-state index is -1.02. The minimum absolute atomic E-state index is 0.0254. The first-order valence-corrected chi connectivity index (χ1v) is 9.08. The van der Waals surface area contributed by atoms with Crippen LogP contribution in [0.15, 0.2) is 24.3 Å². The van der Waals surface area contributed by atoms with Crippen molar-refractivity contribution in [2.45, 2.75) is 32.7 Å². The maximum atomic E-state index is 12.0. The molecule has 1 unspecified atom stereocenters. The molecule has 10 heteroatoms. The molecule has 0 aliphatic heterocycles. The number of non-ortho nitro benzene ring substituents is 1. The highest BCUT2D eigenvalue weighted by atomic mass is 32.1. The van der Waals surface area contributed by atoms with Gasteiger partial charge in [-0.05, 0) is 32.4 Å². The number of aryl methyl sites for hydroxylation is 1. The molecule has 27 heavy (non-hydrogen) atoms. The molecule has 1 aromatic heterocycles. The van der Waals surface area contributed by atoms with E-state index >= 15 is 0 Å². The van der Waals surface area contributed by atoms with Crippen LogP contribution in [0.1, 0.15) is 46.2 Å². The van der Waals surface area contributed by atoms with Crippen molar-refractivity contribution in [3.63, 3.8) is 0 Å². The molecule has 0 spiro atoms. The Kier molecular flexibility index (Phi) is 6.83. The largest absolute Gasteiger partial charge is 0.477 e. The third-order valence-electron chi connectivity index (χ3n) is 3.74. The van der Waals surface area contributed by atoms with Gasteiger partial charge in [0, 0.05) is 30.8 Å². The average Bonchev–Trinajstić information content (AvgIpc) is 3.01.